The molecule has 2 aromatic carbocycles. The van der Waals surface area contributed by atoms with Crippen molar-refractivity contribution in [3.05, 3.63) is 47.0 Å². The quantitative estimate of drug-likeness (QED) is 0.373. The van der Waals surface area contributed by atoms with E-state index in [0.717, 1.165) is 29.7 Å². The van der Waals surface area contributed by atoms with Crippen LogP contribution in [-0.4, -0.2) is 41.7 Å². The highest BCUT2D eigenvalue weighted by molar-refractivity contribution is 7.89. The molecule has 0 saturated heterocycles. The lowest BCUT2D eigenvalue weighted by molar-refractivity contribution is 0.102. The molecule has 1 amide bonds. The topological polar surface area (TPSA) is 140 Å². The van der Waals surface area contributed by atoms with Gasteiger partial charge in [0, 0.05) is 31.5 Å². The molecule has 0 bridgehead atoms. The van der Waals surface area contributed by atoms with E-state index in [1.54, 1.807) is 11.3 Å². The molecular formula is C22H18N6O3S3. The molecule has 4 aromatic rings. The van der Waals surface area contributed by atoms with Crippen LogP contribution >= 0.6 is 22.7 Å². The fourth-order valence-electron chi connectivity index (χ4n) is 3.34. The van der Waals surface area contributed by atoms with Gasteiger partial charge in [0.2, 0.25) is 10.0 Å². The Morgan fingerprint density at radius 3 is 2.35 bits per heavy atom. The first kappa shape index (κ1) is 23.7. The van der Waals surface area contributed by atoms with Gasteiger partial charge in [-0.1, -0.05) is 11.3 Å². The van der Waals surface area contributed by atoms with Crippen LogP contribution < -0.4 is 5.32 Å². The predicted molar refractivity (Wildman–Crippen MR) is 131 cm³/mol. The number of nitriles is 2. The van der Waals surface area contributed by atoms with E-state index >= 15 is 0 Å². The molecule has 34 heavy (non-hydrogen) atoms. The lowest BCUT2D eigenvalue weighted by Gasteiger charge is -2.20. The molecule has 0 aliphatic heterocycles. The van der Waals surface area contributed by atoms with Crippen molar-refractivity contribution in [1.29, 1.82) is 10.5 Å². The van der Waals surface area contributed by atoms with Gasteiger partial charge in [0.15, 0.2) is 5.13 Å². The number of anilines is 1. The van der Waals surface area contributed by atoms with Gasteiger partial charge in [-0.15, -0.1) is 11.3 Å². The molecule has 0 atom stereocenters. The highest BCUT2D eigenvalue weighted by Crippen LogP contribution is 2.34. The van der Waals surface area contributed by atoms with Crippen LogP contribution in [0.15, 0.2) is 41.3 Å². The number of aromatic nitrogens is 2. The van der Waals surface area contributed by atoms with Crippen molar-refractivity contribution in [3.8, 4) is 12.1 Å². The third-order valence-electron chi connectivity index (χ3n) is 4.94. The summed E-state index contributed by atoms with van der Waals surface area (Å²) in [7, 11) is -3.90. The summed E-state index contributed by atoms with van der Waals surface area (Å²) in [6.07, 6.45) is 0.0280. The van der Waals surface area contributed by atoms with Crippen LogP contribution in [0.25, 0.3) is 20.4 Å². The summed E-state index contributed by atoms with van der Waals surface area (Å²) >= 11 is 2.93. The van der Waals surface area contributed by atoms with Crippen LogP contribution in [0.3, 0.4) is 0 Å². The number of sulfonamides is 1. The second-order valence-electron chi connectivity index (χ2n) is 7.21. The van der Waals surface area contributed by atoms with Crippen LogP contribution in [-0.2, 0) is 10.0 Å². The zero-order valence-electron chi connectivity index (χ0n) is 18.0. The third-order valence-corrected chi connectivity index (χ3v) is 8.78. The third kappa shape index (κ3) is 4.76. The minimum absolute atomic E-state index is 0.00780. The van der Waals surface area contributed by atoms with Gasteiger partial charge in [0.1, 0.15) is 5.52 Å². The first-order valence-electron chi connectivity index (χ1n) is 10.2. The molecule has 0 fully saturated rings. The Bertz CT molecular complexity index is 1540. The SMILES string of the molecule is Cc1nc2c(ccc3nc(NC(=O)c4ccc(S(=O)(=O)N(CCC#N)CCC#N)cc4)sc32)s1. The average Bonchev–Trinajstić information content (AvgIpc) is 3.41. The van der Waals surface area contributed by atoms with E-state index in [1.165, 1.54) is 35.6 Å². The second-order valence-corrected chi connectivity index (χ2v) is 11.4. The van der Waals surface area contributed by atoms with Gasteiger partial charge in [-0.05, 0) is 43.3 Å². The number of nitrogens with zero attached hydrogens (tertiary/aromatic N) is 5. The Morgan fingerprint density at radius 1 is 1.03 bits per heavy atom. The van der Waals surface area contributed by atoms with Gasteiger partial charge < -0.3 is 0 Å². The number of nitrogens with one attached hydrogen (secondary N) is 1. The molecule has 0 aliphatic carbocycles. The molecule has 12 heteroatoms. The normalized spacial score (nSPS) is 11.5. The van der Waals surface area contributed by atoms with Crippen LogP contribution in [0.4, 0.5) is 5.13 Å². The van der Waals surface area contributed by atoms with Crippen molar-refractivity contribution < 1.29 is 13.2 Å². The number of thiazole rings is 2. The van der Waals surface area contributed by atoms with Gasteiger partial charge in [0.25, 0.3) is 5.91 Å². The van der Waals surface area contributed by atoms with Crippen molar-refractivity contribution >= 4 is 64.2 Å². The van der Waals surface area contributed by atoms with E-state index in [9.17, 15) is 13.2 Å². The monoisotopic (exact) mass is 510 g/mol. The molecule has 0 aliphatic rings. The van der Waals surface area contributed by atoms with Crippen LogP contribution in [0.2, 0.25) is 0 Å². The molecule has 1 N–H and O–H groups in total. The van der Waals surface area contributed by atoms with Crippen molar-refractivity contribution in [2.75, 3.05) is 18.4 Å². The average molecular weight is 511 g/mol. The minimum Gasteiger partial charge on any atom is -0.298 e. The molecule has 0 unspecified atom stereocenters. The highest BCUT2D eigenvalue weighted by Gasteiger charge is 2.24. The van der Waals surface area contributed by atoms with Crippen molar-refractivity contribution in [1.82, 2.24) is 14.3 Å². The number of hydrogen-bond donors (Lipinski definition) is 1. The van der Waals surface area contributed by atoms with Gasteiger partial charge in [0.05, 0.1) is 37.0 Å². The predicted octanol–water partition coefficient (Wildman–Crippen LogP) is 4.28. The maximum Gasteiger partial charge on any atom is 0.257 e. The molecule has 4 rings (SSSR count). The number of fused-ring (bicyclic) bond motifs is 3. The second kappa shape index (κ2) is 9.83. The Balaban J connectivity index is 1.53. The molecule has 0 spiro atoms. The van der Waals surface area contributed by atoms with Crippen molar-refractivity contribution in [2.45, 2.75) is 24.7 Å². The van der Waals surface area contributed by atoms with Gasteiger partial charge in [-0.3, -0.25) is 10.1 Å². The number of amides is 1. The van der Waals surface area contributed by atoms with Crippen molar-refractivity contribution in [2.24, 2.45) is 0 Å². The molecule has 0 radical (unpaired) electrons. The molecule has 172 valence electrons. The summed E-state index contributed by atoms with van der Waals surface area (Å²) in [5.74, 6) is -0.417. The van der Waals surface area contributed by atoms with E-state index in [1.807, 2.05) is 31.2 Å². The van der Waals surface area contributed by atoms with E-state index in [4.69, 9.17) is 10.5 Å². The molecule has 0 saturated carbocycles. The van der Waals surface area contributed by atoms with Crippen LogP contribution in [0, 0.1) is 29.6 Å². The molecule has 2 heterocycles. The molecule has 2 aromatic heterocycles. The molecule has 9 nitrogen and oxygen atoms in total. The van der Waals surface area contributed by atoms with E-state index in [2.05, 4.69) is 15.3 Å². The lowest BCUT2D eigenvalue weighted by Crippen LogP contribution is -2.32. The Hall–Kier alpha value is -3.42. The van der Waals surface area contributed by atoms with E-state index in [-0.39, 0.29) is 36.4 Å². The fourth-order valence-corrected chi connectivity index (χ4v) is 6.63. The maximum absolute atomic E-state index is 12.9. The number of carbonyl (C=O) groups excluding carboxylic acids is 1. The summed E-state index contributed by atoms with van der Waals surface area (Å²) in [6.45, 7) is 1.93. The van der Waals surface area contributed by atoms with E-state index < -0.39 is 15.9 Å². The Kier molecular flexibility index (Phi) is 6.86. The zero-order valence-corrected chi connectivity index (χ0v) is 20.4. The highest BCUT2D eigenvalue weighted by atomic mass is 32.2. The minimum atomic E-state index is -3.90. The van der Waals surface area contributed by atoms with Crippen LogP contribution in [0.5, 0.6) is 0 Å². The largest absolute Gasteiger partial charge is 0.298 e. The van der Waals surface area contributed by atoms with E-state index in [0.29, 0.717) is 5.13 Å². The number of hydrogen-bond acceptors (Lipinski definition) is 9. The summed E-state index contributed by atoms with van der Waals surface area (Å²) in [5, 5.41) is 21.8. The fraction of sp³-hybridized carbons (Fsp3) is 0.227. The maximum atomic E-state index is 12.9. The van der Waals surface area contributed by atoms with Crippen LogP contribution in [0.1, 0.15) is 28.2 Å². The van der Waals surface area contributed by atoms with Gasteiger partial charge in [-0.25, -0.2) is 18.4 Å². The Morgan fingerprint density at radius 2 is 1.71 bits per heavy atom. The first-order chi connectivity index (χ1) is 16.3. The van der Waals surface area contributed by atoms with Crippen molar-refractivity contribution in [3.63, 3.8) is 0 Å². The summed E-state index contributed by atoms with van der Waals surface area (Å²) in [6, 6.07) is 13.2. The van der Waals surface area contributed by atoms with Gasteiger partial charge in [-0.2, -0.15) is 14.8 Å². The number of rotatable bonds is 8. The zero-order chi connectivity index (χ0) is 24.3. The summed E-state index contributed by atoms with van der Waals surface area (Å²) in [5.41, 5.74) is 1.88. The summed E-state index contributed by atoms with van der Waals surface area (Å²) in [4.78, 5) is 21.8. The van der Waals surface area contributed by atoms with Gasteiger partial charge >= 0.3 is 0 Å². The number of carbonyl (C=O) groups is 1. The molecular weight excluding hydrogens is 492 g/mol. The lowest BCUT2D eigenvalue weighted by atomic mass is 10.2. The smallest absolute Gasteiger partial charge is 0.257 e. The number of aryl methyl sites for hydroxylation is 1. The summed E-state index contributed by atoms with van der Waals surface area (Å²) < 4.78 is 28.9. The number of benzene rings is 2. The standard InChI is InChI=1S/C22H18N6O3S3/c1-14-25-19-18(32-14)9-8-17-20(19)33-22(26-17)27-21(29)15-4-6-16(7-5-15)34(30,31)28(12-2-10-23)13-3-11-24/h4-9H,2-3,12-13H2,1H3,(H,26,27,29). The first-order valence-corrected chi connectivity index (χ1v) is 13.2. The Labute approximate surface area is 204 Å².